The molecule has 26 heavy (non-hydrogen) atoms. The van der Waals surface area contributed by atoms with Gasteiger partial charge in [0, 0.05) is 11.1 Å². The third-order valence-electron chi connectivity index (χ3n) is 3.64. The summed E-state index contributed by atoms with van der Waals surface area (Å²) in [6.07, 6.45) is -4.54. The molecule has 136 valence electrons. The highest BCUT2D eigenvalue weighted by molar-refractivity contribution is 7.86. The first-order valence-corrected chi connectivity index (χ1v) is 9.16. The predicted molar refractivity (Wildman–Crippen MR) is 91.2 cm³/mol. The zero-order valence-corrected chi connectivity index (χ0v) is 14.4. The standard InChI is InChI=1S/C18H14F3NO3S/c1-12-8-9-14-5-3-7-16(17(14)22-12)25-26(23,24)11-13-4-2-6-15(10-13)18(19,20)21/h2-10H,11H2,1H3. The number of pyridine rings is 1. The summed E-state index contributed by atoms with van der Waals surface area (Å²) in [5.74, 6) is -0.641. The van der Waals surface area contributed by atoms with Gasteiger partial charge >= 0.3 is 16.3 Å². The molecule has 0 unspecified atom stereocenters. The lowest BCUT2D eigenvalue weighted by molar-refractivity contribution is -0.137. The number of nitrogens with zero attached hydrogens (tertiary/aromatic N) is 1. The Balaban J connectivity index is 1.90. The number of halogens is 3. The van der Waals surface area contributed by atoms with Crippen LogP contribution in [-0.4, -0.2) is 13.4 Å². The second kappa shape index (κ2) is 6.60. The largest absolute Gasteiger partial charge is 0.416 e. The Morgan fingerprint density at radius 1 is 1.04 bits per heavy atom. The third-order valence-corrected chi connectivity index (χ3v) is 4.76. The number of alkyl halides is 3. The summed E-state index contributed by atoms with van der Waals surface area (Å²) in [4.78, 5) is 4.28. The third kappa shape index (κ3) is 4.13. The first-order valence-electron chi connectivity index (χ1n) is 7.59. The summed E-state index contributed by atoms with van der Waals surface area (Å²) < 4.78 is 68.1. The van der Waals surface area contributed by atoms with Crippen molar-refractivity contribution >= 4 is 21.0 Å². The number of hydrogen-bond acceptors (Lipinski definition) is 4. The average Bonchev–Trinajstić information content (AvgIpc) is 2.54. The summed E-state index contributed by atoms with van der Waals surface area (Å²) in [6.45, 7) is 1.76. The van der Waals surface area contributed by atoms with Crippen molar-refractivity contribution in [1.82, 2.24) is 4.98 Å². The van der Waals surface area contributed by atoms with E-state index in [0.29, 0.717) is 16.6 Å². The minimum Gasteiger partial charge on any atom is -0.380 e. The van der Waals surface area contributed by atoms with Crippen LogP contribution in [0.4, 0.5) is 13.2 Å². The molecule has 3 rings (SSSR count). The first-order chi connectivity index (χ1) is 12.1. The number of hydrogen-bond donors (Lipinski definition) is 0. The van der Waals surface area contributed by atoms with Crippen LogP contribution in [-0.2, 0) is 22.0 Å². The van der Waals surface area contributed by atoms with Crippen molar-refractivity contribution in [2.75, 3.05) is 0 Å². The van der Waals surface area contributed by atoms with Crippen LogP contribution in [0.3, 0.4) is 0 Å². The summed E-state index contributed by atoms with van der Waals surface area (Å²) in [7, 11) is -4.16. The fourth-order valence-corrected chi connectivity index (χ4v) is 3.55. The molecule has 0 radical (unpaired) electrons. The predicted octanol–water partition coefficient (Wildman–Crippen LogP) is 4.47. The van der Waals surface area contributed by atoms with Gasteiger partial charge in [-0.25, -0.2) is 4.98 Å². The molecule has 0 fully saturated rings. The Morgan fingerprint density at radius 3 is 2.50 bits per heavy atom. The number of aromatic nitrogens is 1. The maximum Gasteiger partial charge on any atom is 0.416 e. The average molecular weight is 381 g/mol. The molecular weight excluding hydrogens is 367 g/mol. The molecule has 0 aliphatic carbocycles. The highest BCUT2D eigenvalue weighted by atomic mass is 32.2. The summed E-state index contributed by atoms with van der Waals surface area (Å²) in [5.41, 5.74) is 0.140. The highest BCUT2D eigenvalue weighted by Gasteiger charge is 2.30. The fraction of sp³-hybridized carbons (Fsp3) is 0.167. The second-order valence-corrected chi connectivity index (χ2v) is 7.33. The molecule has 1 heterocycles. The molecule has 2 aromatic carbocycles. The van der Waals surface area contributed by atoms with E-state index < -0.39 is 27.6 Å². The van der Waals surface area contributed by atoms with Gasteiger partial charge in [-0.3, -0.25) is 0 Å². The summed E-state index contributed by atoms with van der Waals surface area (Å²) >= 11 is 0. The van der Waals surface area contributed by atoms with Crippen molar-refractivity contribution in [2.45, 2.75) is 18.9 Å². The van der Waals surface area contributed by atoms with Crippen LogP contribution in [0.2, 0.25) is 0 Å². The number of para-hydroxylation sites is 1. The van der Waals surface area contributed by atoms with E-state index in [1.54, 1.807) is 31.2 Å². The lowest BCUT2D eigenvalue weighted by Crippen LogP contribution is -2.13. The number of fused-ring (bicyclic) bond motifs is 1. The van der Waals surface area contributed by atoms with E-state index in [1.807, 2.05) is 0 Å². The van der Waals surface area contributed by atoms with Crippen molar-refractivity contribution in [3.8, 4) is 5.75 Å². The summed E-state index contributed by atoms with van der Waals surface area (Å²) in [6, 6.07) is 12.5. The molecule has 4 nitrogen and oxygen atoms in total. The SMILES string of the molecule is Cc1ccc2cccc(OS(=O)(=O)Cc3cccc(C(F)(F)F)c3)c2n1. The van der Waals surface area contributed by atoms with Crippen molar-refractivity contribution in [1.29, 1.82) is 0 Å². The van der Waals surface area contributed by atoms with E-state index in [-0.39, 0.29) is 11.3 Å². The van der Waals surface area contributed by atoms with Gasteiger partial charge in [-0.1, -0.05) is 36.4 Å². The Morgan fingerprint density at radius 2 is 1.77 bits per heavy atom. The van der Waals surface area contributed by atoms with Crippen LogP contribution in [0, 0.1) is 6.92 Å². The summed E-state index contributed by atoms with van der Waals surface area (Å²) in [5, 5.41) is 0.697. The van der Waals surface area contributed by atoms with Gasteiger partial charge in [0.25, 0.3) is 0 Å². The fourth-order valence-electron chi connectivity index (χ4n) is 2.49. The second-order valence-electron chi connectivity index (χ2n) is 5.76. The quantitative estimate of drug-likeness (QED) is 0.626. The molecule has 0 aliphatic rings. The Hall–Kier alpha value is -2.61. The smallest absolute Gasteiger partial charge is 0.380 e. The topological polar surface area (TPSA) is 56.3 Å². The van der Waals surface area contributed by atoms with Crippen LogP contribution >= 0.6 is 0 Å². The maximum absolute atomic E-state index is 12.8. The van der Waals surface area contributed by atoms with E-state index in [2.05, 4.69) is 4.98 Å². The van der Waals surface area contributed by atoms with Crippen LogP contribution in [0.25, 0.3) is 10.9 Å². The lowest BCUT2D eigenvalue weighted by atomic mass is 10.1. The van der Waals surface area contributed by atoms with Crippen molar-refractivity contribution in [3.05, 3.63) is 71.4 Å². The zero-order valence-electron chi connectivity index (χ0n) is 13.6. The lowest BCUT2D eigenvalue weighted by Gasteiger charge is -2.11. The molecule has 0 spiro atoms. The number of benzene rings is 2. The molecule has 8 heteroatoms. The van der Waals surface area contributed by atoms with Gasteiger partial charge in [-0.2, -0.15) is 21.6 Å². The van der Waals surface area contributed by atoms with Gasteiger partial charge in [0.05, 0.1) is 5.56 Å². The molecule has 0 saturated carbocycles. The van der Waals surface area contributed by atoms with E-state index in [4.69, 9.17) is 4.18 Å². The molecule has 0 atom stereocenters. The van der Waals surface area contributed by atoms with Crippen LogP contribution in [0.1, 0.15) is 16.8 Å². The monoisotopic (exact) mass is 381 g/mol. The number of aryl methyl sites for hydroxylation is 1. The van der Waals surface area contributed by atoms with Gasteiger partial charge in [0.15, 0.2) is 5.75 Å². The van der Waals surface area contributed by atoms with E-state index in [9.17, 15) is 21.6 Å². The Labute approximate surface area is 148 Å². The molecule has 0 N–H and O–H groups in total. The molecule has 3 aromatic rings. The van der Waals surface area contributed by atoms with Crippen molar-refractivity contribution < 1.29 is 25.8 Å². The molecule has 0 saturated heterocycles. The Bertz CT molecular complexity index is 1060. The minimum atomic E-state index is -4.54. The normalized spacial score (nSPS) is 12.3. The Kier molecular flexibility index (Phi) is 4.62. The molecule has 0 amide bonds. The molecule has 1 aromatic heterocycles. The highest BCUT2D eigenvalue weighted by Crippen LogP contribution is 2.30. The van der Waals surface area contributed by atoms with Gasteiger partial charge in [0.2, 0.25) is 0 Å². The first kappa shape index (κ1) is 18.2. The van der Waals surface area contributed by atoms with E-state index in [0.717, 1.165) is 18.2 Å². The van der Waals surface area contributed by atoms with Gasteiger partial charge in [-0.15, -0.1) is 0 Å². The van der Waals surface area contributed by atoms with Gasteiger partial charge in [-0.05, 0) is 30.7 Å². The van der Waals surface area contributed by atoms with Gasteiger partial charge < -0.3 is 4.18 Å². The van der Waals surface area contributed by atoms with Crippen LogP contribution in [0.15, 0.2) is 54.6 Å². The van der Waals surface area contributed by atoms with E-state index in [1.165, 1.54) is 12.1 Å². The van der Waals surface area contributed by atoms with Crippen molar-refractivity contribution in [3.63, 3.8) is 0 Å². The van der Waals surface area contributed by atoms with Crippen molar-refractivity contribution in [2.24, 2.45) is 0 Å². The maximum atomic E-state index is 12.8. The van der Waals surface area contributed by atoms with E-state index >= 15 is 0 Å². The zero-order chi connectivity index (χ0) is 18.9. The minimum absolute atomic E-state index is 0.01000. The molecule has 0 aliphatic heterocycles. The molecular formula is C18H14F3NO3S. The number of rotatable bonds is 4. The van der Waals surface area contributed by atoms with Crippen LogP contribution in [0.5, 0.6) is 5.75 Å². The van der Waals surface area contributed by atoms with Crippen LogP contribution < -0.4 is 4.18 Å². The molecule has 0 bridgehead atoms. The van der Waals surface area contributed by atoms with Gasteiger partial charge in [0.1, 0.15) is 11.3 Å².